The minimum absolute atomic E-state index is 0.0180. The lowest BCUT2D eigenvalue weighted by Crippen LogP contribution is -2.41. The molecule has 1 saturated heterocycles. The third kappa shape index (κ3) is 23.1. The molecule has 2 amide bonds. The molecule has 0 aromatic heterocycles. The predicted octanol–water partition coefficient (Wildman–Crippen LogP) is 8.09. The molecule has 1 aliphatic heterocycles. The van der Waals surface area contributed by atoms with E-state index < -0.39 is 12.0 Å². The average Bonchev–Trinajstić information content (AvgIpc) is 3.48. The summed E-state index contributed by atoms with van der Waals surface area (Å²) >= 11 is 0. The summed E-state index contributed by atoms with van der Waals surface area (Å²) in [4.78, 5) is 35.8. The zero-order valence-corrected chi connectivity index (χ0v) is 26.6. The van der Waals surface area contributed by atoms with Crippen molar-refractivity contribution < 1.29 is 19.5 Å². The van der Waals surface area contributed by atoms with Crippen LogP contribution in [0.1, 0.15) is 103 Å². The number of unbranched alkanes of at least 4 members (excludes halogenated alkanes) is 2. The van der Waals surface area contributed by atoms with Gasteiger partial charge in [0.25, 0.3) is 0 Å². The molecule has 41 heavy (non-hydrogen) atoms. The summed E-state index contributed by atoms with van der Waals surface area (Å²) in [6, 6.07) is -0.921. The zero-order valence-electron chi connectivity index (χ0n) is 24.9. The van der Waals surface area contributed by atoms with Crippen LogP contribution in [0.3, 0.4) is 0 Å². The second kappa shape index (κ2) is 26.7. The number of hydrogen-bond donors (Lipinski definition) is 3. The van der Waals surface area contributed by atoms with Crippen LogP contribution in [0.5, 0.6) is 0 Å². The second-order valence-electron chi connectivity index (χ2n) is 10.1. The number of carbonyl (C=O) groups is 3. The van der Waals surface area contributed by atoms with Crippen molar-refractivity contribution in [3.8, 4) is 0 Å². The number of carbonyl (C=O) groups excluding carboxylic acids is 2. The third-order valence-corrected chi connectivity index (χ3v) is 9.47. The molecule has 1 fully saturated rings. The average molecular weight is 605 g/mol. The molecular formula is C33H52N2O4S2. The first-order valence-electron chi connectivity index (χ1n) is 15.3. The van der Waals surface area contributed by atoms with Gasteiger partial charge in [-0.2, -0.15) is 0 Å². The van der Waals surface area contributed by atoms with Crippen LogP contribution < -0.4 is 10.6 Å². The molecule has 1 rings (SSSR count). The van der Waals surface area contributed by atoms with Gasteiger partial charge in [-0.1, -0.05) is 95.7 Å². The Morgan fingerprint density at radius 1 is 0.805 bits per heavy atom. The van der Waals surface area contributed by atoms with Crippen molar-refractivity contribution in [1.29, 1.82) is 0 Å². The highest BCUT2D eigenvalue weighted by Gasteiger charge is 2.19. The molecule has 0 spiro atoms. The molecule has 0 aromatic carbocycles. The van der Waals surface area contributed by atoms with Crippen LogP contribution in [0, 0.1) is 0 Å². The van der Waals surface area contributed by atoms with Gasteiger partial charge in [0.15, 0.2) is 0 Å². The van der Waals surface area contributed by atoms with E-state index in [9.17, 15) is 19.5 Å². The van der Waals surface area contributed by atoms with E-state index in [1.807, 2.05) is 21.6 Å². The third-order valence-electron chi connectivity index (χ3n) is 6.46. The van der Waals surface area contributed by atoms with Crippen LogP contribution >= 0.6 is 21.6 Å². The van der Waals surface area contributed by atoms with Gasteiger partial charge in [-0.3, -0.25) is 9.59 Å². The number of hydrogen-bond acceptors (Lipinski definition) is 5. The Morgan fingerprint density at radius 2 is 1.41 bits per heavy atom. The number of carboxylic acid groups (broad SMARTS) is 1. The summed E-state index contributed by atoms with van der Waals surface area (Å²) in [5.41, 5.74) is 0. The Balaban J connectivity index is 2.04. The lowest BCUT2D eigenvalue weighted by Gasteiger charge is -2.14. The van der Waals surface area contributed by atoms with Gasteiger partial charge in [-0.15, -0.1) is 0 Å². The van der Waals surface area contributed by atoms with Gasteiger partial charge in [-0.05, 0) is 77.0 Å². The fourth-order valence-electron chi connectivity index (χ4n) is 4.12. The molecule has 3 N–H and O–H groups in total. The minimum Gasteiger partial charge on any atom is -0.480 e. The van der Waals surface area contributed by atoms with Crippen LogP contribution in [-0.4, -0.2) is 46.5 Å². The molecule has 1 heterocycles. The topological polar surface area (TPSA) is 95.5 Å². The fourth-order valence-corrected chi connectivity index (χ4v) is 7.14. The summed E-state index contributed by atoms with van der Waals surface area (Å²) < 4.78 is 0. The van der Waals surface area contributed by atoms with Crippen LogP contribution in [0.25, 0.3) is 0 Å². The summed E-state index contributed by atoms with van der Waals surface area (Å²) in [5.74, 6) is -0.0268. The van der Waals surface area contributed by atoms with E-state index in [0.29, 0.717) is 38.6 Å². The largest absolute Gasteiger partial charge is 0.480 e. The lowest BCUT2D eigenvalue weighted by atomic mass is 10.1. The highest BCUT2D eigenvalue weighted by atomic mass is 33.1. The summed E-state index contributed by atoms with van der Waals surface area (Å²) in [6.45, 7) is 2.57. The Labute approximate surface area is 256 Å². The predicted molar refractivity (Wildman–Crippen MR) is 177 cm³/mol. The maximum Gasteiger partial charge on any atom is 0.326 e. The molecule has 230 valence electrons. The SMILES string of the molecule is CCC=CCC=CCC=CCC=CCC=CCCCC(=O)NC(CCCNC(=O)CCCCC1CCSS1)C(=O)O. The highest BCUT2D eigenvalue weighted by Crippen LogP contribution is 2.39. The van der Waals surface area contributed by atoms with E-state index in [2.05, 4.69) is 78.3 Å². The van der Waals surface area contributed by atoms with Gasteiger partial charge in [0, 0.05) is 30.4 Å². The van der Waals surface area contributed by atoms with Crippen molar-refractivity contribution >= 4 is 39.4 Å². The highest BCUT2D eigenvalue weighted by molar-refractivity contribution is 8.77. The Kier molecular flexibility index (Phi) is 24.0. The maximum atomic E-state index is 12.2. The molecular weight excluding hydrogens is 553 g/mol. The molecule has 0 aromatic rings. The van der Waals surface area contributed by atoms with Crippen LogP contribution in [-0.2, 0) is 14.4 Å². The normalized spacial score (nSPS) is 16.6. The van der Waals surface area contributed by atoms with Crippen molar-refractivity contribution in [3.63, 3.8) is 0 Å². The van der Waals surface area contributed by atoms with Crippen molar-refractivity contribution in [2.75, 3.05) is 12.3 Å². The van der Waals surface area contributed by atoms with Crippen molar-refractivity contribution in [3.05, 3.63) is 60.8 Å². The number of carboxylic acids is 1. The van der Waals surface area contributed by atoms with Crippen molar-refractivity contribution in [2.45, 2.75) is 115 Å². The molecule has 6 nitrogen and oxygen atoms in total. The zero-order chi connectivity index (χ0) is 29.8. The minimum atomic E-state index is -1.04. The van der Waals surface area contributed by atoms with E-state index >= 15 is 0 Å². The molecule has 0 bridgehead atoms. The van der Waals surface area contributed by atoms with Gasteiger partial charge in [0.2, 0.25) is 11.8 Å². The molecule has 2 unspecified atom stereocenters. The van der Waals surface area contributed by atoms with Crippen LogP contribution in [0.15, 0.2) is 60.8 Å². The van der Waals surface area contributed by atoms with Crippen LogP contribution in [0.4, 0.5) is 0 Å². The first-order valence-corrected chi connectivity index (χ1v) is 17.7. The van der Waals surface area contributed by atoms with Gasteiger partial charge < -0.3 is 15.7 Å². The lowest BCUT2D eigenvalue weighted by molar-refractivity contribution is -0.142. The molecule has 0 radical (unpaired) electrons. The Hall–Kier alpha value is -2.19. The van der Waals surface area contributed by atoms with Gasteiger partial charge in [-0.25, -0.2) is 4.79 Å². The second-order valence-corrected chi connectivity index (χ2v) is 12.9. The van der Waals surface area contributed by atoms with Gasteiger partial charge in [0.05, 0.1) is 0 Å². The van der Waals surface area contributed by atoms with Crippen LogP contribution in [0.2, 0.25) is 0 Å². The molecule has 0 aliphatic carbocycles. The van der Waals surface area contributed by atoms with E-state index in [0.717, 1.165) is 56.6 Å². The number of amides is 2. The van der Waals surface area contributed by atoms with E-state index in [1.54, 1.807) is 0 Å². The van der Waals surface area contributed by atoms with E-state index in [4.69, 9.17) is 0 Å². The molecule has 0 saturated carbocycles. The number of rotatable bonds is 24. The van der Waals surface area contributed by atoms with Gasteiger partial charge >= 0.3 is 5.97 Å². The first-order chi connectivity index (χ1) is 20.0. The number of nitrogens with one attached hydrogen (secondary N) is 2. The first kappa shape index (κ1) is 36.8. The summed E-state index contributed by atoms with van der Waals surface area (Å²) in [7, 11) is 3.91. The summed E-state index contributed by atoms with van der Waals surface area (Å²) in [6.07, 6.45) is 33.9. The maximum absolute atomic E-state index is 12.2. The number of allylic oxidation sites excluding steroid dienone is 10. The molecule has 1 aliphatic rings. The fraction of sp³-hybridized carbons (Fsp3) is 0.606. The summed E-state index contributed by atoms with van der Waals surface area (Å²) in [5, 5.41) is 15.7. The van der Waals surface area contributed by atoms with E-state index in [1.165, 1.54) is 18.6 Å². The van der Waals surface area contributed by atoms with Crippen molar-refractivity contribution in [2.24, 2.45) is 0 Å². The molecule has 8 heteroatoms. The Bertz CT molecular complexity index is 861. The Morgan fingerprint density at radius 3 is 2.00 bits per heavy atom. The van der Waals surface area contributed by atoms with Crippen molar-refractivity contribution in [1.82, 2.24) is 10.6 Å². The molecule has 2 atom stereocenters. The van der Waals surface area contributed by atoms with E-state index in [-0.39, 0.29) is 11.8 Å². The van der Waals surface area contributed by atoms with Gasteiger partial charge in [0.1, 0.15) is 6.04 Å². The quantitative estimate of drug-likeness (QED) is 0.0586. The smallest absolute Gasteiger partial charge is 0.326 e. The monoisotopic (exact) mass is 604 g/mol. The number of aliphatic carboxylic acids is 1. The standard InChI is InChI=1S/C33H52N2O4S2/c1-2-3-4-5-6-7-8-9-10-11-12-13-14-15-16-17-18-25-32(37)35-30(33(38)39)23-21-27-34-31(36)24-20-19-22-29-26-28-40-41-29/h3-4,6-7,9-10,12-13,15-16,29-30H,2,5,8,11,14,17-28H2,1H3,(H,34,36)(H,35,37)(H,38,39).